The summed E-state index contributed by atoms with van der Waals surface area (Å²) in [6, 6.07) is 2.27. The molecule has 0 heterocycles. The van der Waals surface area contributed by atoms with Crippen LogP contribution in [0.4, 0.5) is 0 Å². The van der Waals surface area contributed by atoms with Crippen LogP contribution in [0.3, 0.4) is 0 Å². The Labute approximate surface area is 124 Å². The first kappa shape index (κ1) is 16.8. The van der Waals surface area contributed by atoms with Crippen molar-refractivity contribution >= 4 is 23.6 Å². The molecule has 0 radical (unpaired) electrons. The predicted octanol–water partition coefficient (Wildman–Crippen LogP) is 2.32. The zero-order valence-electron chi connectivity index (χ0n) is 11.9. The lowest BCUT2D eigenvalue weighted by atomic mass is 9.92. The lowest BCUT2D eigenvalue weighted by Crippen LogP contribution is -2.47. The number of hydrogen-bond donors (Lipinski definition) is 2. The summed E-state index contributed by atoms with van der Waals surface area (Å²) in [5, 5.41) is 20.8. The van der Waals surface area contributed by atoms with E-state index in [-0.39, 0.29) is 23.3 Å². The Morgan fingerprint density at radius 2 is 1.95 bits per heavy atom. The molecule has 1 rings (SSSR count). The van der Waals surface area contributed by atoms with Gasteiger partial charge in [-0.1, -0.05) is 32.6 Å². The van der Waals surface area contributed by atoms with Crippen LogP contribution in [0.15, 0.2) is 0 Å². The molecule has 1 saturated carbocycles. The molecule has 2 N–H and O–H groups in total. The fourth-order valence-electron chi connectivity index (χ4n) is 2.42. The van der Waals surface area contributed by atoms with Crippen LogP contribution in [0.2, 0.25) is 0 Å². The van der Waals surface area contributed by atoms with Crippen molar-refractivity contribution < 1.29 is 14.7 Å². The van der Waals surface area contributed by atoms with Crippen molar-refractivity contribution in [2.45, 2.75) is 62.7 Å². The Hall–Kier alpha value is -1.22. The van der Waals surface area contributed by atoms with Crippen molar-refractivity contribution in [3.8, 4) is 6.07 Å². The first-order chi connectivity index (χ1) is 9.47. The lowest BCUT2D eigenvalue weighted by molar-refractivity contribution is -0.136. The summed E-state index contributed by atoms with van der Waals surface area (Å²) in [5.74, 6) is -0.823. The highest BCUT2D eigenvalue weighted by molar-refractivity contribution is 8.00. The van der Waals surface area contributed by atoms with Crippen LogP contribution in [0, 0.1) is 11.3 Å². The van der Waals surface area contributed by atoms with E-state index in [0.717, 1.165) is 25.7 Å². The highest BCUT2D eigenvalue weighted by Crippen LogP contribution is 2.26. The second-order valence-corrected chi connectivity index (χ2v) is 6.80. The van der Waals surface area contributed by atoms with Crippen molar-refractivity contribution in [3.63, 3.8) is 0 Å². The Kier molecular flexibility index (Phi) is 6.86. The Morgan fingerprint density at radius 3 is 2.45 bits per heavy atom. The van der Waals surface area contributed by atoms with Gasteiger partial charge in [-0.15, -0.1) is 11.8 Å². The minimum absolute atomic E-state index is 0.0430. The second kappa shape index (κ2) is 8.15. The number of amides is 1. The number of thioether (sulfide) groups is 1. The molecule has 1 amide bonds. The van der Waals surface area contributed by atoms with Crippen LogP contribution < -0.4 is 5.32 Å². The topological polar surface area (TPSA) is 90.2 Å². The van der Waals surface area contributed by atoms with Crippen LogP contribution in [0.5, 0.6) is 0 Å². The quantitative estimate of drug-likeness (QED) is 0.734. The molecule has 0 bridgehead atoms. The van der Waals surface area contributed by atoms with Crippen molar-refractivity contribution in [3.05, 3.63) is 0 Å². The average Bonchev–Trinajstić information content (AvgIpc) is 2.62. The van der Waals surface area contributed by atoms with Crippen molar-refractivity contribution in [2.75, 3.05) is 5.75 Å². The third kappa shape index (κ3) is 5.83. The summed E-state index contributed by atoms with van der Waals surface area (Å²) in [5.41, 5.74) is -0.718. The van der Waals surface area contributed by atoms with Gasteiger partial charge in [0.15, 0.2) is 0 Å². The molecule has 0 saturated heterocycles. The standard InChI is InChI=1S/C14H22N2O3S/c1-11(8-13(18)19)20-9-12(17)16-14(10-15)6-4-2-3-5-7-14/h11H,2-9H2,1H3,(H,16,17)(H,18,19). The van der Waals surface area contributed by atoms with Gasteiger partial charge in [-0.3, -0.25) is 9.59 Å². The van der Waals surface area contributed by atoms with Gasteiger partial charge in [0.05, 0.1) is 18.2 Å². The van der Waals surface area contributed by atoms with Crippen LogP contribution in [-0.4, -0.2) is 33.5 Å². The van der Waals surface area contributed by atoms with Crippen LogP contribution >= 0.6 is 11.8 Å². The third-order valence-electron chi connectivity index (χ3n) is 3.51. The van der Waals surface area contributed by atoms with Gasteiger partial charge in [0, 0.05) is 5.25 Å². The maximum absolute atomic E-state index is 11.9. The van der Waals surface area contributed by atoms with E-state index in [4.69, 9.17) is 5.11 Å². The Morgan fingerprint density at radius 1 is 1.35 bits per heavy atom. The zero-order valence-corrected chi connectivity index (χ0v) is 12.7. The summed E-state index contributed by atoms with van der Waals surface area (Å²) in [6.07, 6.45) is 5.64. The van der Waals surface area contributed by atoms with Crippen LogP contribution in [0.1, 0.15) is 51.9 Å². The van der Waals surface area contributed by atoms with Crippen molar-refractivity contribution in [1.82, 2.24) is 5.32 Å². The molecule has 6 heteroatoms. The normalized spacial score (nSPS) is 19.4. The molecule has 1 atom stereocenters. The molecule has 0 aliphatic heterocycles. The second-order valence-electron chi connectivity index (χ2n) is 5.38. The van der Waals surface area contributed by atoms with E-state index >= 15 is 0 Å². The average molecular weight is 298 g/mol. The van der Waals surface area contributed by atoms with Gasteiger partial charge >= 0.3 is 5.97 Å². The molecule has 20 heavy (non-hydrogen) atoms. The van der Waals surface area contributed by atoms with Gasteiger partial charge in [0.2, 0.25) is 5.91 Å². The Balaban J connectivity index is 2.43. The smallest absolute Gasteiger partial charge is 0.304 e. The summed E-state index contributed by atoms with van der Waals surface area (Å²) >= 11 is 1.31. The summed E-state index contributed by atoms with van der Waals surface area (Å²) in [4.78, 5) is 22.5. The van der Waals surface area contributed by atoms with Gasteiger partial charge in [0.25, 0.3) is 0 Å². The van der Waals surface area contributed by atoms with Gasteiger partial charge in [-0.2, -0.15) is 5.26 Å². The molecular weight excluding hydrogens is 276 g/mol. The van der Waals surface area contributed by atoms with E-state index in [1.165, 1.54) is 11.8 Å². The number of carbonyl (C=O) groups is 2. The Bertz CT molecular complexity index is 384. The maximum Gasteiger partial charge on any atom is 0.304 e. The molecule has 0 aromatic heterocycles. The monoisotopic (exact) mass is 298 g/mol. The molecule has 1 fully saturated rings. The summed E-state index contributed by atoms with van der Waals surface area (Å²) < 4.78 is 0. The number of nitrogens with zero attached hydrogens (tertiary/aromatic N) is 1. The lowest BCUT2D eigenvalue weighted by Gasteiger charge is -2.26. The molecule has 1 unspecified atom stereocenters. The first-order valence-electron chi connectivity index (χ1n) is 7.03. The van der Waals surface area contributed by atoms with Crippen LogP contribution in [0.25, 0.3) is 0 Å². The summed E-state index contributed by atoms with van der Waals surface area (Å²) in [6.45, 7) is 1.79. The van der Waals surface area contributed by atoms with E-state index < -0.39 is 11.5 Å². The minimum Gasteiger partial charge on any atom is -0.481 e. The summed E-state index contributed by atoms with van der Waals surface area (Å²) in [7, 11) is 0. The fraction of sp³-hybridized carbons (Fsp3) is 0.786. The molecule has 1 aliphatic carbocycles. The highest BCUT2D eigenvalue weighted by Gasteiger charge is 2.32. The first-order valence-corrected chi connectivity index (χ1v) is 8.08. The molecule has 1 aliphatic rings. The molecule has 112 valence electrons. The number of rotatable bonds is 6. The molecule has 5 nitrogen and oxygen atoms in total. The molecule has 0 spiro atoms. The van der Waals surface area contributed by atoms with Gasteiger partial charge in [-0.05, 0) is 12.8 Å². The van der Waals surface area contributed by atoms with Crippen molar-refractivity contribution in [1.29, 1.82) is 5.26 Å². The van der Waals surface area contributed by atoms with E-state index in [2.05, 4.69) is 11.4 Å². The molecular formula is C14H22N2O3S. The highest BCUT2D eigenvalue weighted by atomic mass is 32.2. The molecule has 0 aromatic rings. The maximum atomic E-state index is 11.9. The number of hydrogen-bond acceptors (Lipinski definition) is 4. The van der Waals surface area contributed by atoms with E-state index in [0.29, 0.717) is 12.8 Å². The zero-order chi connectivity index (χ0) is 15.0. The predicted molar refractivity (Wildman–Crippen MR) is 78.4 cm³/mol. The van der Waals surface area contributed by atoms with Gasteiger partial charge < -0.3 is 10.4 Å². The fourth-order valence-corrected chi connectivity index (χ4v) is 3.19. The number of nitrogens with one attached hydrogen (secondary N) is 1. The largest absolute Gasteiger partial charge is 0.481 e. The van der Waals surface area contributed by atoms with Gasteiger partial charge in [0.1, 0.15) is 5.54 Å². The minimum atomic E-state index is -0.859. The number of aliphatic carboxylic acids is 1. The van der Waals surface area contributed by atoms with Crippen LogP contribution in [-0.2, 0) is 9.59 Å². The number of carboxylic acids is 1. The molecule has 0 aromatic carbocycles. The number of carbonyl (C=O) groups excluding carboxylic acids is 1. The number of carboxylic acid groups (broad SMARTS) is 1. The van der Waals surface area contributed by atoms with E-state index in [9.17, 15) is 14.9 Å². The third-order valence-corrected chi connectivity index (χ3v) is 4.68. The van der Waals surface area contributed by atoms with Gasteiger partial charge in [-0.25, -0.2) is 0 Å². The van der Waals surface area contributed by atoms with E-state index in [1.807, 2.05) is 0 Å². The SMILES string of the molecule is CC(CC(=O)O)SCC(=O)NC1(C#N)CCCCCC1. The number of nitriles is 1. The van der Waals surface area contributed by atoms with E-state index in [1.54, 1.807) is 6.92 Å². The van der Waals surface area contributed by atoms with Crippen molar-refractivity contribution in [2.24, 2.45) is 0 Å².